The van der Waals surface area contributed by atoms with Crippen molar-refractivity contribution in [1.29, 1.82) is 0 Å². The van der Waals surface area contributed by atoms with Crippen LogP contribution in [0.1, 0.15) is 79.1 Å². The first kappa shape index (κ1) is 25.1. The Morgan fingerprint density at radius 1 is 0.865 bits per heavy atom. The molecule has 4 heteroatoms. The van der Waals surface area contributed by atoms with Crippen molar-refractivity contribution < 1.29 is 9.21 Å². The van der Waals surface area contributed by atoms with Crippen molar-refractivity contribution in [2.45, 2.75) is 64.7 Å². The Morgan fingerprint density at radius 2 is 1.57 bits per heavy atom. The van der Waals surface area contributed by atoms with Crippen LogP contribution in [-0.2, 0) is 17.3 Å². The first-order chi connectivity index (χ1) is 17.6. The highest BCUT2D eigenvalue weighted by Crippen LogP contribution is 2.46. The second kappa shape index (κ2) is 9.74. The number of hydrogen-bond donors (Lipinski definition) is 2. The lowest BCUT2D eigenvalue weighted by Gasteiger charge is -2.42. The zero-order valence-electron chi connectivity index (χ0n) is 22.7. The van der Waals surface area contributed by atoms with E-state index in [1.807, 2.05) is 24.3 Å². The van der Waals surface area contributed by atoms with Crippen molar-refractivity contribution >= 4 is 22.4 Å². The predicted molar refractivity (Wildman–Crippen MR) is 153 cm³/mol. The lowest BCUT2D eigenvalue weighted by atomic mass is 9.62. The Kier molecular flexibility index (Phi) is 6.61. The molecule has 0 atom stereocenters. The molecule has 0 saturated carbocycles. The number of amides is 1. The average molecular weight is 495 g/mol. The molecular formula is C33H38N2O2. The van der Waals surface area contributed by atoms with Crippen molar-refractivity contribution in [3.63, 3.8) is 0 Å². The fraction of sp³-hybridized carbons (Fsp3) is 0.364. The van der Waals surface area contributed by atoms with Gasteiger partial charge >= 0.3 is 0 Å². The van der Waals surface area contributed by atoms with Crippen LogP contribution < -0.4 is 10.6 Å². The van der Waals surface area contributed by atoms with Gasteiger partial charge in [-0.15, -0.1) is 0 Å². The molecule has 3 aromatic carbocycles. The molecule has 1 amide bonds. The molecule has 4 nitrogen and oxygen atoms in total. The molecule has 192 valence electrons. The maximum atomic E-state index is 12.7. The fourth-order valence-corrected chi connectivity index (χ4v) is 5.58. The Morgan fingerprint density at radius 3 is 2.35 bits per heavy atom. The summed E-state index contributed by atoms with van der Waals surface area (Å²) < 4.78 is 5.98. The van der Waals surface area contributed by atoms with Crippen molar-refractivity contribution in [2.24, 2.45) is 0 Å². The van der Waals surface area contributed by atoms with Crippen LogP contribution in [0.4, 0.5) is 5.69 Å². The molecule has 1 aromatic heterocycles. The summed E-state index contributed by atoms with van der Waals surface area (Å²) in [6.07, 6.45) is 3.08. The van der Waals surface area contributed by atoms with Crippen LogP contribution in [0.2, 0.25) is 0 Å². The number of furan rings is 1. The number of carbonyl (C=O) groups is 1. The molecule has 1 aliphatic rings. The summed E-state index contributed by atoms with van der Waals surface area (Å²) >= 11 is 0. The van der Waals surface area contributed by atoms with E-state index in [9.17, 15) is 4.79 Å². The standard InChI is InChI=1S/C33H38N2O2/c1-22-19-27-28(33(4,5)16-15-32(27,2)3)21-24(22)20-25-13-14-30(37-25)31(36)35-18-17-34-29-12-8-10-23-9-6-7-11-26(23)29/h6-14,19,21,34H,15-18,20H2,1-5H3,(H,35,36). The lowest BCUT2D eigenvalue weighted by Crippen LogP contribution is -2.34. The summed E-state index contributed by atoms with van der Waals surface area (Å²) in [4.78, 5) is 12.7. The number of nitrogens with one attached hydrogen (secondary N) is 2. The minimum atomic E-state index is -0.184. The van der Waals surface area contributed by atoms with E-state index in [1.165, 1.54) is 45.9 Å². The summed E-state index contributed by atoms with van der Waals surface area (Å²) in [7, 11) is 0. The van der Waals surface area contributed by atoms with Crippen molar-refractivity contribution in [3.05, 3.63) is 101 Å². The van der Waals surface area contributed by atoms with Gasteiger partial charge in [-0.05, 0) is 76.4 Å². The molecule has 1 heterocycles. The number of fused-ring (bicyclic) bond motifs is 2. The van der Waals surface area contributed by atoms with Crippen LogP contribution in [-0.4, -0.2) is 19.0 Å². The SMILES string of the molecule is Cc1cc2c(cc1Cc1ccc(C(=O)NCCNc3cccc4ccccc34)o1)C(C)(C)CCC2(C)C. The van der Waals surface area contributed by atoms with Gasteiger partial charge in [-0.2, -0.15) is 0 Å². The molecule has 0 spiro atoms. The molecule has 0 aliphatic heterocycles. The molecular weight excluding hydrogens is 456 g/mol. The second-order valence-corrected chi connectivity index (χ2v) is 11.7. The normalized spacial score (nSPS) is 15.8. The molecule has 0 radical (unpaired) electrons. The summed E-state index contributed by atoms with van der Waals surface area (Å²) in [6, 6.07) is 23.0. The molecule has 0 saturated heterocycles. The van der Waals surface area contributed by atoms with Crippen LogP contribution >= 0.6 is 0 Å². The maximum absolute atomic E-state index is 12.7. The Balaban J connectivity index is 1.21. The van der Waals surface area contributed by atoms with Crippen LogP contribution in [0.5, 0.6) is 0 Å². The Labute approximate surface area is 220 Å². The molecule has 0 unspecified atom stereocenters. The van der Waals surface area contributed by atoms with Crippen molar-refractivity contribution in [2.75, 3.05) is 18.4 Å². The van der Waals surface area contributed by atoms with Gasteiger partial charge in [0.25, 0.3) is 5.91 Å². The van der Waals surface area contributed by atoms with Crippen LogP contribution in [0.15, 0.2) is 71.1 Å². The van der Waals surface area contributed by atoms with E-state index in [4.69, 9.17) is 4.42 Å². The molecule has 2 N–H and O–H groups in total. The van der Waals surface area contributed by atoms with E-state index in [0.29, 0.717) is 25.3 Å². The average Bonchev–Trinajstić information content (AvgIpc) is 3.34. The summed E-state index contributed by atoms with van der Waals surface area (Å²) in [5.41, 5.74) is 6.92. The van der Waals surface area contributed by atoms with Crippen LogP contribution in [0.3, 0.4) is 0 Å². The van der Waals surface area contributed by atoms with E-state index in [-0.39, 0.29) is 16.7 Å². The monoisotopic (exact) mass is 494 g/mol. The summed E-state index contributed by atoms with van der Waals surface area (Å²) in [5, 5.41) is 8.77. The van der Waals surface area contributed by atoms with Gasteiger partial charge in [0.05, 0.1) is 0 Å². The quantitative estimate of drug-likeness (QED) is 0.261. The van der Waals surface area contributed by atoms with Gasteiger partial charge in [-0.25, -0.2) is 0 Å². The van der Waals surface area contributed by atoms with Gasteiger partial charge in [0.15, 0.2) is 5.76 Å². The van der Waals surface area contributed by atoms with E-state index < -0.39 is 0 Å². The maximum Gasteiger partial charge on any atom is 0.287 e. The summed E-state index contributed by atoms with van der Waals surface area (Å²) in [6.45, 7) is 12.7. The number of benzene rings is 3. The van der Waals surface area contributed by atoms with E-state index in [1.54, 1.807) is 6.07 Å². The molecule has 1 aliphatic carbocycles. The van der Waals surface area contributed by atoms with Crippen LogP contribution in [0.25, 0.3) is 10.8 Å². The zero-order valence-corrected chi connectivity index (χ0v) is 22.7. The van der Waals surface area contributed by atoms with Gasteiger partial charge < -0.3 is 15.1 Å². The molecule has 37 heavy (non-hydrogen) atoms. The number of hydrogen-bond acceptors (Lipinski definition) is 3. The van der Waals surface area contributed by atoms with Gasteiger partial charge in [0.1, 0.15) is 5.76 Å². The zero-order chi connectivity index (χ0) is 26.2. The van der Waals surface area contributed by atoms with Gasteiger partial charge in [-0.1, -0.05) is 76.2 Å². The van der Waals surface area contributed by atoms with Crippen molar-refractivity contribution in [1.82, 2.24) is 5.32 Å². The minimum Gasteiger partial charge on any atom is -0.456 e. The van der Waals surface area contributed by atoms with Gasteiger partial charge in [0.2, 0.25) is 0 Å². The third kappa shape index (κ3) is 5.16. The Bertz CT molecular complexity index is 1440. The molecule has 0 fully saturated rings. The highest BCUT2D eigenvalue weighted by Gasteiger charge is 2.37. The lowest BCUT2D eigenvalue weighted by molar-refractivity contribution is 0.0926. The minimum absolute atomic E-state index is 0.168. The first-order valence-electron chi connectivity index (χ1n) is 13.4. The second-order valence-electron chi connectivity index (χ2n) is 11.7. The van der Waals surface area contributed by atoms with E-state index in [0.717, 1.165) is 11.4 Å². The molecule has 5 rings (SSSR count). The smallest absolute Gasteiger partial charge is 0.287 e. The topological polar surface area (TPSA) is 54.3 Å². The number of rotatable bonds is 7. The third-order valence-corrected chi connectivity index (χ3v) is 8.08. The highest BCUT2D eigenvalue weighted by atomic mass is 16.3. The van der Waals surface area contributed by atoms with Gasteiger partial charge in [-0.3, -0.25) is 4.79 Å². The van der Waals surface area contributed by atoms with E-state index >= 15 is 0 Å². The summed E-state index contributed by atoms with van der Waals surface area (Å²) in [5.74, 6) is 0.989. The number of carbonyl (C=O) groups excluding carboxylic acids is 1. The fourth-order valence-electron chi connectivity index (χ4n) is 5.58. The van der Waals surface area contributed by atoms with E-state index in [2.05, 4.69) is 81.7 Å². The number of anilines is 1. The first-order valence-corrected chi connectivity index (χ1v) is 13.4. The van der Waals surface area contributed by atoms with Gasteiger partial charge in [0, 0.05) is 30.6 Å². The van der Waals surface area contributed by atoms with Crippen LogP contribution in [0, 0.1) is 6.92 Å². The Hall–Kier alpha value is -3.53. The molecule has 0 bridgehead atoms. The highest BCUT2D eigenvalue weighted by molar-refractivity contribution is 5.94. The third-order valence-electron chi connectivity index (χ3n) is 8.08. The van der Waals surface area contributed by atoms with Crippen molar-refractivity contribution in [3.8, 4) is 0 Å². The molecule has 4 aromatic rings. The predicted octanol–water partition coefficient (Wildman–Crippen LogP) is 7.52. The number of aryl methyl sites for hydroxylation is 1. The largest absolute Gasteiger partial charge is 0.456 e.